The summed E-state index contributed by atoms with van der Waals surface area (Å²) in [7, 11) is 4.75. The summed E-state index contributed by atoms with van der Waals surface area (Å²) in [5, 5.41) is 0. The quantitative estimate of drug-likeness (QED) is 0.477. The van der Waals surface area contributed by atoms with Gasteiger partial charge in [-0.2, -0.15) is 0 Å². The van der Waals surface area contributed by atoms with Crippen LogP contribution in [-0.4, -0.2) is 27.2 Å². The van der Waals surface area contributed by atoms with Crippen LogP contribution in [0.2, 0.25) is 0 Å². The Labute approximate surface area is 188 Å². The lowest BCUT2D eigenvalue weighted by Crippen LogP contribution is -2.25. The van der Waals surface area contributed by atoms with E-state index in [2.05, 4.69) is 0 Å². The predicted molar refractivity (Wildman–Crippen MR) is 127 cm³/mol. The molecule has 0 radical (unpaired) electrons. The molecule has 0 spiro atoms. The van der Waals surface area contributed by atoms with Crippen LogP contribution >= 0.6 is 0 Å². The zero-order chi connectivity index (χ0) is 22.5. The topological polar surface area (TPSA) is 48.0 Å². The van der Waals surface area contributed by atoms with Crippen LogP contribution in [0, 0.1) is 0 Å². The first kappa shape index (κ1) is 21.2. The van der Waals surface area contributed by atoms with Crippen LogP contribution in [-0.2, 0) is 11.3 Å². The van der Waals surface area contributed by atoms with Crippen molar-refractivity contribution in [3.8, 4) is 17.2 Å². The van der Waals surface area contributed by atoms with Gasteiger partial charge in [-0.1, -0.05) is 60.7 Å². The minimum absolute atomic E-state index is 0.00963. The fraction of sp³-hybridized carbons (Fsp3) is 0.148. The lowest BCUT2D eigenvalue weighted by atomic mass is 10.1. The summed E-state index contributed by atoms with van der Waals surface area (Å²) in [5.74, 6) is 1.69. The van der Waals surface area contributed by atoms with E-state index in [-0.39, 0.29) is 5.91 Å². The third-order valence-corrected chi connectivity index (χ3v) is 5.38. The smallest absolute Gasteiger partial charge is 0.259 e. The molecule has 162 valence electrons. The van der Waals surface area contributed by atoms with Crippen molar-refractivity contribution in [3.05, 3.63) is 95.6 Å². The number of rotatable bonds is 7. The molecule has 5 heteroatoms. The molecule has 0 saturated carbocycles. The SMILES string of the molecule is COc1cc(/C=C/C=C2/C(=O)N(Cc3ccccc3)c3ccccc32)cc(OC)c1OC. The molecule has 1 aliphatic rings. The fourth-order valence-electron chi connectivity index (χ4n) is 3.84. The number of carbonyl (C=O) groups excluding carboxylic acids is 1. The minimum atomic E-state index is -0.00963. The van der Waals surface area contributed by atoms with Gasteiger partial charge in [0, 0.05) is 11.1 Å². The average Bonchev–Trinajstić information content (AvgIpc) is 3.10. The van der Waals surface area contributed by atoms with E-state index in [1.54, 1.807) is 21.3 Å². The van der Waals surface area contributed by atoms with Crippen LogP contribution in [0.5, 0.6) is 17.2 Å². The number of hydrogen-bond acceptors (Lipinski definition) is 4. The van der Waals surface area contributed by atoms with Gasteiger partial charge in [0.1, 0.15) is 0 Å². The van der Waals surface area contributed by atoms with Crippen LogP contribution in [0.25, 0.3) is 11.6 Å². The van der Waals surface area contributed by atoms with E-state index in [1.165, 1.54) is 0 Å². The highest BCUT2D eigenvalue weighted by molar-refractivity contribution is 6.32. The number of nitrogens with zero attached hydrogens (tertiary/aromatic N) is 1. The van der Waals surface area contributed by atoms with Crippen LogP contribution in [0.1, 0.15) is 16.7 Å². The summed E-state index contributed by atoms with van der Waals surface area (Å²) in [4.78, 5) is 15.1. The van der Waals surface area contributed by atoms with Crippen LogP contribution in [0.15, 0.2) is 78.9 Å². The summed E-state index contributed by atoms with van der Waals surface area (Å²) >= 11 is 0. The molecule has 1 aliphatic heterocycles. The lowest BCUT2D eigenvalue weighted by Gasteiger charge is -2.17. The van der Waals surface area contributed by atoms with E-state index in [1.807, 2.05) is 89.9 Å². The van der Waals surface area contributed by atoms with E-state index in [9.17, 15) is 4.79 Å². The molecule has 32 heavy (non-hydrogen) atoms. The normalized spacial score (nSPS) is 14.2. The molecule has 1 amide bonds. The van der Waals surface area contributed by atoms with Gasteiger partial charge in [-0.05, 0) is 35.4 Å². The number of hydrogen-bond donors (Lipinski definition) is 0. The number of amides is 1. The molecule has 0 unspecified atom stereocenters. The number of allylic oxidation sites excluding steroid dienone is 2. The molecule has 3 aromatic carbocycles. The fourth-order valence-corrected chi connectivity index (χ4v) is 3.84. The first-order valence-corrected chi connectivity index (χ1v) is 10.3. The Balaban J connectivity index is 1.64. The van der Waals surface area contributed by atoms with Gasteiger partial charge in [0.2, 0.25) is 5.75 Å². The number of fused-ring (bicyclic) bond motifs is 1. The summed E-state index contributed by atoms with van der Waals surface area (Å²) in [6.45, 7) is 0.532. The van der Waals surface area contributed by atoms with Gasteiger partial charge in [-0.15, -0.1) is 0 Å². The molecule has 3 aromatic rings. The highest BCUT2D eigenvalue weighted by atomic mass is 16.5. The first-order valence-electron chi connectivity index (χ1n) is 10.3. The van der Waals surface area contributed by atoms with E-state index in [0.717, 1.165) is 22.4 Å². The van der Waals surface area contributed by atoms with Crippen molar-refractivity contribution in [2.75, 3.05) is 26.2 Å². The number of para-hydroxylation sites is 1. The van der Waals surface area contributed by atoms with Crippen molar-refractivity contribution in [2.45, 2.75) is 6.54 Å². The van der Waals surface area contributed by atoms with Gasteiger partial charge in [-0.25, -0.2) is 0 Å². The van der Waals surface area contributed by atoms with E-state index < -0.39 is 0 Å². The molecule has 0 fully saturated rings. The lowest BCUT2D eigenvalue weighted by molar-refractivity contribution is -0.113. The van der Waals surface area contributed by atoms with Gasteiger partial charge in [-0.3, -0.25) is 4.79 Å². The highest BCUT2D eigenvalue weighted by Crippen LogP contribution is 2.39. The summed E-state index contributed by atoms with van der Waals surface area (Å²) in [5.41, 5.74) is 4.48. The molecule has 0 aliphatic carbocycles. The molecular formula is C27H25NO4. The largest absolute Gasteiger partial charge is 0.493 e. The third-order valence-electron chi connectivity index (χ3n) is 5.38. The Hall–Kier alpha value is -3.99. The van der Waals surface area contributed by atoms with Crippen molar-refractivity contribution in [1.29, 1.82) is 0 Å². The molecular weight excluding hydrogens is 402 g/mol. The van der Waals surface area contributed by atoms with Gasteiger partial charge in [0.05, 0.1) is 33.6 Å². The highest BCUT2D eigenvalue weighted by Gasteiger charge is 2.31. The molecule has 4 rings (SSSR count). The number of anilines is 1. The molecule has 1 heterocycles. The minimum Gasteiger partial charge on any atom is -0.493 e. The van der Waals surface area contributed by atoms with Gasteiger partial charge < -0.3 is 19.1 Å². The molecule has 0 bridgehead atoms. The van der Waals surface area contributed by atoms with Crippen LogP contribution in [0.3, 0.4) is 0 Å². The molecule has 5 nitrogen and oxygen atoms in total. The number of methoxy groups -OCH3 is 3. The van der Waals surface area contributed by atoms with Crippen molar-refractivity contribution in [2.24, 2.45) is 0 Å². The molecule has 0 aromatic heterocycles. The molecule has 0 atom stereocenters. The third kappa shape index (κ3) is 4.10. The van der Waals surface area contributed by atoms with E-state index >= 15 is 0 Å². The summed E-state index contributed by atoms with van der Waals surface area (Å²) in [6.07, 6.45) is 5.64. The molecule has 0 saturated heterocycles. The van der Waals surface area contributed by atoms with Crippen molar-refractivity contribution < 1.29 is 19.0 Å². The Bertz CT molecular complexity index is 1160. The molecule has 0 N–H and O–H groups in total. The maximum atomic E-state index is 13.3. The Morgan fingerprint density at radius 1 is 0.844 bits per heavy atom. The number of benzene rings is 3. The average molecular weight is 428 g/mol. The second-order valence-corrected chi connectivity index (χ2v) is 7.29. The van der Waals surface area contributed by atoms with Crippen LogP contribution < -0.4 is 19.1 Å². The van der Waals surface area contributed by atoms with E-state index in [4.69, 9.17) is 14.2 Å². The monoisotopic (exact) mass is 427 g/mol. The predicted octanol–water partition coefficient (Wildman–Crippen LogP) is 5.36. The maximum absolute atomic E-state index is 13.3. The van der Waals surface area contributed by atoms with Gasteiger partial charge >= 0.3 is 0 Å². The van der Waals surface area contributed by atoms with Gasteiger partial charge in [0.15, 0.2) is 11.5 Å². The number of carbonyl (C=O) groups is 1. The van der Waals surface area contributed by atoms with Crippen molar-refractivity contribution in [3.63, 3.8) is 0 Å². The maximum Gasteiger partial charge on any atom is 0.259 e. The van der Waals surface area contributed by atoms with E-state index in [0.29, 0.717) is 29.4 Å². The van der Waals surface area contributed by atoms with Crippen LogP contribution in [0.4, 0.5) is 5.69 Å². The second-order valence-electron chi connectivity index (χ2n) is 7.29. The number of ether oxygens (including phenoxy) is 3. The Morgan fingerprint density at radius 2 is 1.50 bits per heavy atom. The standard InChI is InChI=1S/C27H25NO4/c1-30-24-16-20(17-25(31-2)26(24)32-3)12-9-14-22-21-13-7-8-15-23(21)28(27(22)29)18-19-10-5-4-6-11-19/h4-17H,18H2,1-3H3/b12-9+,22-14+. The van der Waals surface area contributed by atoms with Gasteiger partial charge in [0.25, 0.3) is 5.91 Å². The Morgan fingerprint density at radius 3 is 2.16 bits per heavy atom. The zero-order valence-electron chi connectivity index (χ0n) is 18.4. The Kier molecular flexibility index (Phi) is 6.26. The van der Waals surface area contributed by atoms with Crippen molar-refractivity contribution in [1.82, 2.24) is 0 Å². The second kappa shape index (κ2) is 9.43. The van der Waals surface area contributed by atoms with Crippen molar-refractivity contribution >= 4 is 23.2 Å². The summed E-state index contributed by atoms with van der Waals surface area (Å²) in [6, 6.07) is 21.6. The summed E-state index contributed by atoms with van der Waals surface area (Å²) < 4.78 is 16.2. The first-order chi connectivity index (χ1) is 15.7. The zero-order valence-corrected chi connectivity index (χ0v) is 18.4.